The Hall–Kier alpha value is -1.89. The third-order valence-corrected chi connectivity index (χ3v) is 7.13. The van der Waals surface area contributed by atoms with E-state index in [9.17, 15) is 14.4 Å². The van der Waals surface area contributed by atoms with Crippen molar-refractivity contribution in [2.75, 3.05) is 13.7 Å². The van der Waals surface area contributed by atoms with Crippen LogP contribution in [-0.2, 0) is 19.1 Å². The van der Waals surface area contributed by atoms with Crippen LogP contribution in [0.3, 0.4) is 0 Å². The zero-order valence-corrected chi connectivity index (χ0v) is 23.0. The van der Waals surface area contributed by atoms with Gasteiger partial charge in [-0.1, -0.05) is 46.6 Å². The summed E-state index contributed by atoms with van der Waals surface area (Å²) in [4.78, 5) is 41.3. The van der Waals surface area contributed by atoms with Crippen molar-refractivity contribution < 1.29 is 19.1 Å². The highest BCUT2D eigenvalue weighted by molar-refractivity contribution is 5.93. The molecular weight excluding hydrogens is 430 g/mol. The van der Waals surface area contributed by atoms with Crippen molar-refractivity contribution in [1.29, 1.82) is 0 Å². The lowest BCUT2D eigenvalue weighted by Crippen LogP contribution is -2.63. The van der Waals surface area contributed by atoms with E-state index < -0.39 is 11.6 Å². The molecule has 0 saturated heterocycles. The quantitative estimate of drug-likeness (QED) is 0.305. The summed E-state index contributed by atoms with van der Waals surface area (Å²) >= 11 is 0. The molecule has 0 spiro atoms. The van der Waals surface area contributed by atoms with E-state index in [1.54, 1.807) is 25.8 Å². The number of esters is 1. The van der Waals surface area contributed by atoms with Crippen molar-refractivity contribution >= 4 is 17.8 Å². The molecule has 34 heavy (non-hydrogen) atoms. The molecule has 0 aromatic heterocycles. The minimum Gasteiger partial charge on any atom is -0.463 e. The van der Waals surface area contributed by atoms with Crippen molar-refractivity contribution in [3.8, 4) is 0 Å². The molecule has 1 aliphatic carbocycles. The summed E-state index contributed by atoms with van der Waals surface area (Å²) in [6.07, 6.45) is 7.10. The third kappa shape index (κ3) is 7.82. The van der Waals surface area contributed by atoms with Crippen LogP contribution in [-0.4, -0.2) is 60.0 Å². The van der Waals surface area contributed by atoms with Crippen molar-refractivity contribution in [2.45, 2.75) is 118 Å². The topological polar surface area (TPSA) is 87.7 Å². The van der Waals surface area contributed by atoms with Gasteiger partial charge in [0.15, 0.2) is 0 Å². The van der Waals surface area contributed by atoms with Crippen molar-refractivity contribution in [1.82, 2.24) is 15.5 Å². The second-order valence-electron chi connectivity index (χ2n) is 10.3. The summed E-state index contributed by atoms with van der Waals surface area (Å²) in [6, 6.07) is -0.715. The van der Waals surface area contributed by atoms with E-state index in [4.69, 9.17) is 4.74 Å². The maximum absolute atomic E-state index is 13.9. The third-order valence-electron chi connectivity index (χ3n) is 7.13. The lowest BCUT2D eigenvalue weighted by molar-refractivity contribution is -0.141. The Morgan fingerprint density at radius 1 is 1.06 bits per heavy atom. The Morgan fingerprint density at radius 3 is 2.06 bits per heavy atom. The molecule has 0 aliphatic heterocycles. The number of rotatable bonds is 13. The maximum atomic E-state index is 13.9. The molecule has 1 fully saturated rings. The number of hydrogen-bond acceptors (Lipinski definition) is 5. The zero-order valence-electron chi connectivity index (χ0n) is 23.0. The molecule has 0 aromatic rings. The number of likely N-dealkylation sites (N-methyl/N-ethyl adjacent to an activating group) is 1. The van der Waals surface area contributed by atoms with E-state index >= 15 is 0 Å². The van der Waals surface area contributed by atoms with Gasteiger partial charge in [-0.2, -0.15) is 0 Å². The largest absolute Gasteiger partial charge is 0.463 e. The number of ether oxygens (including phenoxy) is 1. The Labute approximate surface area is 207 Å². The van der Waals surface area contributed by atoms with Crippen molar-refractivity contribution in [3.05, 3.63) is 11.6 Å². The van der Waals surface area contributed by atoms with Gasteiger partial charge in [0.2, 0.25) is 11.8 Å². The van der Waals surface area contributed by atoms with Crippen molar-refractivity contribution in [3.63, 3.8) is 0 Å². The first-order valence-electron chi connectivity index (χ1n) is 13.1. The number of carbonyl (C=O) groups excluding carboxylic acids is 3. The molecule has 1 rings (SSSR count). The first kappa shape index (κ1) is 30.1. The molecule has 0 heterocycles. The number of nitrogens with zero attached hydrogens (tertiary/aromatic N) is 1. The average molecular weight is 480 g/mol. The molecule has 0 bridgehead atoms. The van der Waals surface area contributed by atoms with Gasteiger partial charge in [-0.15, -0.1) is 0 Å². The predicted molar refractivity (Wildman–Crippen MR) is 137 cm³/mol. The molecular formula is C27H49N3O4. The van der Waals surface area contributed by atoms with Gasteiger partial charge in [0.1, 0.15) is 6.04 Å². The Bertz CT molecular complexity index is 707. The van der Waals surface area contributed by atoms with Gasteiger partial charge in [-0.3, -0.25) is 9.59 Å². The molecule has 2 atom stereocenters. The number of nitrogens with one attached hydrogen (secondary N) is 2. The SMILES string of the molecule is CCOC(=O)/C(C)=C/[C@H](C(C)C)N(C)C(=O)[C@@H](NC(=O)C(CC)(CC)NC(C)C)C1CCCC1. The Balaban J connectivity index is 3.25. The fourth-order valence-corrected chi connectivity index (χ4v) is 5.03. The van der Waals surface area contributed by atoms with Gasteiger partial charge in [0, 0.05) is 18.7 Å². The molecule has 7 nitrogen and oxygen atoms in total. The fourth-order valence-electron chi connectivity index (χ4n) is 5.03. The van der Waals surface area contributed by atoms with Crippen LogP contribution in [0.5, 0.6) is 0 Å². The minimum absolute atomic E-state index is 0.0891. The number of hydrogen-bond donors (Lipinski definition) is 2. The average Bonchev–Trinajstić information content (AvgIpc) is 3.32. The highest BCUT2D eigenvalue weighted by Crippen LogP contribution is 2.30. The van der Waals surface area contributed by atoms with E-state index in [-0.39, 0.29) is 41.7 Å². The zero-order chi connectivity index (χ0) is 26.1. The van der Waals surface area contributed by atoms with Gasteiger partial charge in [-0.25, -0.2) is 4.79 Å². The standard InChI is InChI=1S/C27H49N3O4/c1-10-27(11-2,29-19(6)7)26(33)28-23(21-15-13-14-16-21)24(31)30(9)22(18(4)5)17-20(8)25(32)34-12-3/h17-19,21-23,29H,10-16H2,1-9H3,(H,28,33)/b20-17+/t22-,23+/m1/s1. The number of amides is 2. The first-order valence-corrected chi connectivity index (χ1v) is 13.1. The van der Waals surface area contributed by atoms with Crippen LogP contribution in [0.2, 0.25) is 0 Å². The van der Waals surface area contributed by atoms with Crippen LogP contribution in [0.25, 0.3) is 0 Å². The summed E-state index contributed by atoms with van der Waals surface area (Å²) in [7, 11) is 1.77. The van der Waals surface area contributed by atoms with E-state index in [1.165, 1.54) is 0 Å². The van der Waals surface area contributed by atoms with Gasteiger partial charge in [0.25, 0.3) is 0 Å². The Morgan fingerprint density at radius 2 is 1.62 bits per heavy atom. The summed E-state index contributed by atoms with van der Waals surface area (Å²) in [5, 5.41) is 6.62. The highest BCUT2D eigenvalue weighted by atomic mass is 16.5. The van der Waals surface area contributed by atoms with Gasteiger partial charge >= 0.3 is 5.97 Å². The molecule has 0 radical (unpaired) electrons. The lowest BCUT2D eigenvalue weighted by Gasteiger charge is -2.38. The number of carbonyl (C=O) groups is 3. The first-order chi connectivity index (χ1) is 15.9. The molecule has 2 amide bonds. The van der Waals surface area contributed by atoms with Crippen LogP contribution in [0, 0.1) is 11.8 Å². The summed E-state index contributed by atoms with van der Waals surface area (Å²) in [5.74, 6) is -0.370. The summed E-state index contributed by atoms with van der Waals surface area (Å²) in [5.41, 5.74) is -0.222. The smallest absolute Gasteiger partial charge is 0.333 e. The van der Waals surface area contributed by atoms with E-state index in [1.807, 2.05) is 47.6 Å². The molecule has 0 aromatic carbocycles. The molecule has 0 unspecified atom stereocenters. The monoisotopic (exact) mass is 479 g/mol. The van der Waals surface area contributed by atoms with E-state index in [0.717, 1.165) is 25.7 Å². The molecule has 196 valence electrons. The summed E-state index contributed by atoms with van der Waals surface area (Å²) in [6.45, 7) is 15.9. The molecule has 7 heteroatoms. The van der Waals surface area contributed by atoms with E-state index in [2.05, 4.69) is 10.6 Å². The van der Waals surface area contributed by atoms with E-state index in [0.29, 0.717) is 25.0 Å². The van der Waals surface area contributed by atoms with Gasteiger partial charge in [0.05, 0.1) is 18.2 Å². The van der Waals surface area contributed by atoms with Gasteiger partial charge < -0.3 is 20.3 Å². The Kier molecular flexibility index (Phi) is 12.3. The maximum Gasteiger partial charge on any atom is 0.333 e. The lowest BCUT2D eigenvalue weighted by atomic mass is 9.88. The van der Waals surface area contributed by atoms with Crippen LogP contribution in [0.4, 0.5) is 0 Å². The molecule has 1 saturated carbocycles. The molecule has 1 aliphatic rings. The van der Waals surface area contributed by atoms with Crippen LogP contribution in [0.15, 0.2) is 11.6 Å². The predicted octanol–water partition coefficient (Wildman–Crippen LogP) is 4.21. The highest BCUT2D eigenvalue weighted by Gasteiger charge is 2.41. The van der Waals surface area contributed by atoms with Crippen LogP contribution >= 0.6 is 0 Å². The minimum atomic E-state index is -0.707. The summed E-state index contributed by atoms with van der Waals surface area (Å²) < 4.78 is 5.13. The second kappa shape index (κ2) is 13.9. The van der Waals surface area contributed by atoms with Crippen LogP contribution in [0.1, 0.15) is 93.9 Å². The molecule has 2 N–H and O–H groups in total. The van der Waals surface area contributed by atoms with Crippen molar-refractivity contribution in [2.24, 2.45) is 11.8 Å². The fraction of sp³-hybridized carbons (Fsp3) is 0.815. The van der Waals surface area contributed by atoms with Crippen LogP contribution < -0.4 is 10.6 Å². The van der Waals surface area contributed by atoms with Gasteiger partial charge in [-0.05, 0) is 65.2 Å². The second-order valence-corrected chi connectivity index (χ2v) is 10.3. The normalized spacial score (nSPS) is 17.1.